The molecule has 0 aliphatic carbocycles. The molecule has 0 saturated carbocycles. The maximum Gasteiger partial charge on any atom is 0.257 e. The van der Waals surface area contributed by atoms with Crippen molar-refractivity contribution in [2.24, 2.45) is 0 Å². The van der Waals surface area contributed by atoms with Crippen molar-refractivity contribution in [2.75, 3.05) is 32.1 Å². The van der Waals surface area contributed by atoms with Gasteiger partial charge in [-0.3, -0.25) is 14.7 Å². The highest BCUT2D eigenvalue weighted by atomic mass is 16.1. The van der Waals surface area contributed by atoms with E-state index >= 15 is 0 Å². The summed E-state index contributed by atoms with van der Waals surface area (Å²) in [4.78, 5) is 23.5. The van der Waals surface area contributed by atoms with Gasteiger partial charge in [0.05, 0.1) is 11.3 Å². The molecule has 0 radical (unpaired) electrons. The molecule has 1 aliphatic rings. The average molecular weight is 236 g/mol. The maximum atomic E-state index is 12.0. The molecule has 2 rings (SSSR count). The molecule has 0 fully saturated rings. The van der Waals surface area contributed by atoms with Crippen LogP contribution in [-0.2, 0) is 13.0 Å². The third-order valence-electron chi connectivity index (χ3n) is 3.10. The largest absolute Gasteiger partial charge is 0.348 e. The number of nitrogens with one attached hydrogen (secondary N) is 1. The van der Waals surface area contributed by atoms with Crippen LogP contribution in [0.15, 0.2) is 4.79 Å². The molecule has 0 unspecified atom stereocenters. The molecular formula is C12H20N4O. The molecule has 94 valence electrons. The summed E-state index contributed by atoms with van der Waals surface area (Å²) in [5.41, 5.74) is 1.82. The summed E-state index contributed by atoms with van der Waals surface area (Å²) >= 11 is 0. The van der Waals surface area contributed by atoms with Gasteiger partial charge in [0.1, 0.15) is 0 Å². The van der Waals surface area contributed by atoms with Gasteiger partial charge in [-0.1, -0.05) is 6.92 Å². The second-order valence-corrected chi connectivity index (χ2v) is 4.74. The van der Waals surface area contributed by atoms with Gasteiger partial charge < -0.3 is 4.90 Å². The minimum atomic E-state index is 0.0134. The average Bonchev–Trinajstić information content (AvgIpc) is 2.30. The van der Waals surface area contributed by atoms with Gasteiger partial charge in [-0.15, -0.1) is 0 Å². The van der Waals surface area contributed by atoms with Crippen LogP contribution in [0.5, 0.6) is 0 Å². The number of nitrogens with zero attached hydrogens (tertiary/aromatic N) is 3. The molecule has 0 amide bonds. The maximum absolute atomic E-state index is 12.0. The summed E-state index contributed by atoms with van der Waals surface area (Å²) in [6.07, 6.45) is 2.00. The first-order chi connectivity index (χ1) is 8.11. The van der Waals surface area contributed by atoms with Crippen molar-refractivity contribution < 1.29 is 0 Å². The van der Waals surface area contributed by atoms with E-state index in [0.29, 0.717) is 5.95 Å². The summed E-state index contributed by atoms with van der Waals surface area (Å²) in [5.74, 6) is 0.651. The molecule has 5 nitrogen and oxygen atoms in total. The van der Waals surface area contributed by atoms with Crippen molar-refractivity contribution >= 4 is 5.95 Å². The first kappa shape index (κ1) is 12.1. The topological polar surface area (TPSA) is 52.2 Å². The Morgan fingerprint density at radius 1 is 1.47 bits per heavy atom. The number of fused-ring (bicyclic) bond motifs is 1. The van der Waals surface area contributed by atoms with Crippen LogP contribution in [0.4, 0.5) is 5.95 Å². The Labute approximate surface area is 101 Å². The standard InChI is InChI=1S/C12H20N4O/c1-4-6-16-7-5-10-9(8-16)11(17)14-12(13-10)15(2)3/h4-8H2,1-3H3,(H,13,14,17). The number of anilines is 1. The first-order valence-electron chi connectivity index (χ1n) is 6.13. The van der Waals surface area contributed by atoms with Crippen LogP contribution in [0.1, 0.15) is 24.6 Å². The van der Waals surface area contributed by atoms with E-state index in [1.807, 2.05) is 19.0 Å². The van der Waals surface area contributed by atoms with Gasteiger partial charge in [0, 0.05) is 33.6 Å². The third kappa shape index (κ3) is 2.49. The molecule has 5 heteroatoms. The fourth-order valence-electron chi connectivity index (χ4n) is 2.19. The van der Waals surface area contributed by atoms with E-state index in [1.54, 1.807) is 0 Å². The van der Waals surface area contributed by atoms with Crippen LogP contribution < -0.4 is 10.5 Å². The Hall–Kier alpha value is -1.36. The summed E-state index contributed by atoms with van der Waals surface area (Å²) in [7, 11) is 3.77. The molecule has 1 aliphatic heterocycles. The van der Waals surface area contributed by atoms with Crippen LogP contribution in [0, 0.1) is 0 Å². The van der Waals surface area contributed by atoms with Crippen molar-refractivity contribution in [2.45, 2.75) is 26.3 Å². The van der Waals surface area contributed by atoms with Crippen molar-refractivity contribution in [3.63, 3.8) is 0 Å². The SMILES string of the molecule is CCCN1CCc2nc(N(C)C)[nH]c(=O)c2C1. The zero-order chi connectivity index (χ0) is 12.4. The van der Waals surface area contributed by atoms with Gasteiger partial charge in [-0.05, 0) is 13.0 Å². The number of H-pyrrole nitrogens is 1. The zero-order valence-corrected chi connectivity index (χ0v) is 10.8. The van der Waals surface area contributed by atoms with Crippen LogP contribution in [-0.4, -0.2) is 42.1 Å². The Morgan fingerprint density at radius 2 is 2.24 bits per heavy atom. The van der Waals surface area contributed by atoms with Crippen molar-refractivity contribution in [1.82, 2.24) is 14.9 Å². The van der Waals surface area contributed by atoms with Crippen LogP contribution in [0.3, 0.4) is 0 Å². The minimum absolute atomic E-state index is 0.0134. The van der Waals surface area contributed by atoms with Gasteiger partial charge in [0.2, 0.25) is 5.95 Å². The summed E-state index contributed by atoms with van der Waals surface area (Å²) in [6, 6.07) is 0. The molecule has 2 heterocycles. The Balaban J connectivity index is 2.31. The second-order valence-electron chi connectivity index (χ2n) is 4.74. The van der Waals surface area contributed by atoms with Crippen LogP contribution >= 0.6 is 0 Å². The molecule has 0 saturated heterocycles. The van der Waals surface area contributed by atoms with E-state index in [2.05, 4.69) is 21.8 Å². The fourth-order valence-corrected chi connectivity index (χ4v) is 2.19. The van der Waals surface area contributed by atoms with E-state index in [1.165, 1.54) is 0 Å². The van der Waals surface area contributed by atoms with E-state index < -0.39 is 0 Å². The monoisotopic (exact) mass is 236 g/mol. The quantitative estimate of drug-likeness (QED) is 0.835. The highest BCUT2D eigenvalue weighted by Gasteiger charge is 2.20. The molecule has 1 aromatic rings. The third-order valence-corrected chi connectivity index (χ3v) is 3.10. The van der Waals surface area contributed by atoms with Gasteiger partial charge >= 0.3 is 0 Å². The molecule has 0 spiro atoms. The van der Waals surface area contributed by atoms with Crippen LogP contribution in [0.2, 0.25) is 0 Å². The van der Waals surface area contributed by atoms with Crippen LogP contribution in [0.25, 0.3) is 0 Å². The number of hydrogen-bond donors (Lipinski definition) is 1. The van der Waals surface area contributed by atoms with Crippen molar-refractivity contribution in [1.29, 1.82) is 0 Å². The Morgan fingerprint density at radius 3 is 2.88 bits per heavy atom. The van der Waals surface area contributed by atoms with Crippen molar-refractivity contribution in [3.05, 3.63) is 21.6 Å². The second kappa shape index (κ2) is 4.87. The number of aromatic nitrogens is 2. The lowest BCUT2D eigenvalue weighted by atomic mass is 10.1. The molecule has 17 heavy (non-hydrogen) atoms. The van der Waals surface area contributed by atoms with E-state index in [4.69, 9.17) is 0 Å². The normalized spacial score (nSPS) is 15.7. The van der Waals surface area contributed by atoms with E-state index in [0.717, 1.165) is 43.7 Å². The van der Waals surface area contributed by atoms with Gasteiger partial charge in [-0.25, -0.2) is 4.98 Å². The smallest absolute Gasteiger partial charge is 0.257 e. The van der Waals surface area contributed by atoms with E-state index in [9.17, 15) is 4.79 Å². The summed E-state index contributed by atoms with van der Waals surface area (Å²) in [6.45, 7) is 4.95. The lowest BCUT2D eigenvalue weighted by Crippen LogP contribution is -2.36. The predicted molar refractivity (Wildman–Crippen MR) is 68.5 cm³/mol. The van der Waals surface area contributed by atoms with Gasteiger partial charge in [0.25, 0.3) is 5.56 Å². The van der Waals surface area contributed by atoms with Gasteiger partial charge in [0.15, 0.2) is 0 Å². The minimum Gasteiger partial charge on any atom is -0.348 e. The lowest BCUT2D eigenvalue weighted by Gasteiger charge is -2.27. The molecule has 0 aromatic carbocycles. The Bertz CT molecular complexity index is 452. The molecular weight excluding hydrogens is 216 g/mol. The molecule has 0 atom stereocenters. The van der Waals surface area contributed by atoms with Gasteiger partial charge in [-0.2, -0.15) is 0 Å². The summed E-state index contributed by atoms with van der Waals surface area (Å²) in [5, 5.41) is 0. The lowest BCUT2D eigenvalue weighted by molar-refractivity contribution is 0.251. The highest BCUT2D eigenvalue weighted by Crippen LogP contribution is 2.15. The summed E-state index contributed by atoms with van der Waals surface area (Å²) < 4.78 is 0. The number of rotatable bonds is 3. The molecule has 1 N–H and O–H groups in total. The fraction of sp³-hybridized carbons (Fsp3) is 0.667. The number of hydrogen-bond acceptors (Lipinski definition) is 4. The molecule has 1 aromatic heterocycles. The zero-order valence-electron chi connectivity index (χ0n) is 10.8. The highest BCUT2D eigenvalue weighted by molar-refractivity contribution is 5.32. The number of aromatic amines is 1. The van der Waals surface area contributed by atoms with Crippen molar-refractivity contribution in [3.8, 4) is 0 Å². The first-order valence-corrected chi connectivity index (χ1v) is 6.13. The predicted octanol–water partition coefficient (Wildman–Crippen LogP) is 0.604. The Kier molecular flexibility index (Phi) is 3.47. The molecule has 0 bridgehead atoms. The van der Waals surface area contributed by atoms with E-state index in [-0.39, 0.29) is 5.56 Å².